The highest BCUT2D eigenvalue weighted by atomic mass is 35.5. The predicted octanol–water partition coefficient (Wildman–Crippen LogP) is 1.72. The summed E-state index contributed by atoms with van der Waals surface area (Å²) in [6, 6.07) is 11.5. The molecular weight excluding hydrogens is 389 g/mol. The van der Waals surface area contributed by atoms with E-state index in [9.17, 15) is 9.90 Å². The molecule has 0 unspecified atom stereocenters. The Morgan fingerprint density at radius 3 is 2.70 bits per heavy atom. The third-order valence-electron chi connectivity index (χ3n) is 4.35. The standard InChI is InChI=1S/C18H19N5O2.2ClH/c24-15-7-13(9-19-10-15)22-18(25)12-6-16-17(20-8-12)23(11-21-16)14-4-2-1-3-5-14;;/h1-6,8,11,13,15,19,24H,7,9-10H2,(H,22,25);2*1H/t13-,15+;;/m0../s1. The molecule has 1 aromatic carbocycles. The molecule has 4 rings (SSSR count). The number of rotatable bonds is 3. The highest BCUT2D eigenvalue weighted by Crippen LogP contribution is 2.17. The molecule has 3 aromatic rings. The molecule has 0 bridgehead atoms. The lowest BCUT2D eigenvalue weighted by atomic mass is 10.0. The Labute approximate surface area is 169 Å². The molecule has 0 spiro atoms. The van der Waals surface area contributed by atoms with Crippen LogP contribution in [0.1, 0.15) is 16.8 Å². The molecule has 9 heteroatoms. The predicted molar refractivity (Wildman–Crippen MR) is 108 cm³/mol. The zero-order valence-electron chi connectivity index (χ0n) is 14.4. The Balaban J connectivity index is 0.00000131. The summed E-state index contributed by atoms with van der Waals surface area (Å²) in [5.41, 5.74) is 2.80. The minimum Gasteiger partial charge on any atom is -0.392 e. The van der Waals surface area contributed by atoms with Crippen LogP contribution in [0.2, 0.25) is 0 Å². The van der Waals surface area contributed by atoms with Gasteiger partial charge in [0.1, 0.15) is 11.8 Å². The molecule has 7 nitrogen and oxygen atoms in total. The summed E-state index contributed by atoms with van der Waals surface area (Å²) in [6.07, 6.45) is 3.39. The number of para-hydroxylation sites is 1. The summed E-state index contributed by atoms with van der Waals surface area (Å²) in [5, 5.41) is 15.7. The van der Waals surface area contributed by atoms with Crippen LogP contribution in [-0.2, 0) is 0 Å². The number of fused-ring (bicyclic) bond motifs is 1. The lowest BCUT2D eigenvalue weighted by molar-refractivity contribution is 0.0876. The molecule has 1 aliphatic rings. The summed E-state index contributed by atoms with van der Waals surface area (Å²) in [6.45, 7) is 1.22. The zero-order chi connectivity index (χ0) is 17.2. The molecule has 0 radical (unpaired) electrons. The van der Waals surface area contributed by atoms with E-state index in [-0.39, 0.29) is 36.8 Å². The Morgan fingerprint density at radius 1 is 1.19 bits per heavy atom. The Bertz CT molecular complexity index is 903. The minimum absolute atomic E-state index is 0. The molecule has 1 amide bonds. The molecule has 144 valence electrons. The van der Waals surface area contributed by atoms with E-state index in [0.29, 0.717) is 36.2 Å². The molecular formula is C18H21Cl2N5O2. The maximum atomic E-state index is 12.4. The van der Waals surface area contributed by atoms with Crippen LogP contribution in [0.25, 0.3) is 16.9 Å². The number of amides is 1. The van der Waals surface area contributed by atoms with Gasteiger partial charge in [0.2, 0.25) is 0 Å². The van der Waals surface area contributed by atoms with Crippen LogP contribution < -0.4 is 10.6 Å². The Kier molecular flexibility index (Phi) is 7.15. The number of nitrogens with one attached hydrogen (secondary N) is 2. The van der Waals surface area contributed by atoms with E-state index in [1.165, 1.54) is 0 Å². The second-order valence-corrected chi connectivity index (χ2v) is 6.24. The average Bonchev–Trinajstić information content (AvgIpc) is 3.05. The number of hydrogen-bond acceptors (Lipinski definition) is 5. The van der Waals surface area contributed by atoms with E-state index in [4.69, 9.17) is 0 Å². The fourth-order valence-corrected chi connectivity index (χ4v) is 3.10. The summed E-state index contributed by atoms with van der Waals surface area (Å²) in [4.78, 5) is 21.2. The first kappa shape index (κ1) is 21.1. The van der Waals surface area contributed by atoms with E-state index >= 15 is 0 Å². The van der Waals surface area contributed by atoms with Crippen LogP contribution in [0.3, 0.4) is 0 Å². The van der Waals surface area contributed by atoms with Gasteiger partial charge in [-0.1, -0.05) is 18.2 Å². The number of aliphatic hydroxyl groups excluding tert-OH is 1. The number of carbonyl (C=O) groups is 1. The monoisotopic (exact) mass is 409 g/mol. The second kappa shape index (κ2) is 9.14. The zero-order valence-corrected chi connectivity index (χ0v) is 16.0. The van der Waals surface area contributed by atoms with Crippen LogP contribution in [0.5, 0.6) is 0 Å². The van der Waals surface area contributed by atoms with Crippen LogP contribution in [0.4, 0.5) is 0 Å². The van der Waals surface area contributed by atoms with Gasteiger partial charge in [-0.2, -0.15) is 0 Å². The molecule has 0 saturated carbocycles. The largest absolute Gasteiger partial charge is 0.392 e. The van der Waals surface area contributed by atoms with Crippen LogP contribution in [-0.4, -0.2) is 50.8 Å². The van der Waals surface area contributed by atoms with E-state index in [2.05, 4.69) is 20.6 Å². The first-order valence-electron chi connectivity index (χ1n) is 8.29. The number of carbonyl (C=O) groups excluding carboxylic acids is 1. The summed E-state index contributed by atoms with van der Waals surface area (Å²) in [5.74, 6) is -0.204. The van der Waals surface area contributed by atoms with Gasteiger partial charge in [0.15, 0.2) is 5.65 Å². The van der Waals surface area contributed by atoms with Crippen molar-refractivity contribution in [2.45, 2.75) is 18.6 Å². The first-order chi connectivity index (χ1) is 12.2. The quantitative estimate of drug-likeness (QED) is 0.612. The van der Waals surface area contributed by atoms with Crippen molar-refractivity contribution in [2.24, 2.45) is 0 Å². The lowest BCUT2D eigenvalue weighted by Gasteiger charge is -2.27. The van der Waals surface area contributed by atoms with Gasteiger partial charge in [-0.3, -0.25) is 9.36 Å². The molecule has 2 atom stereocenters. The first-order valence-corrected chi connectivity index (χ1v) is 8.29. The van der Waals surface area contributed by atoms with Crippen molar-refractivity contribution in [1.82, 2.24) is 25.2 Å². The number of hydrogen-bond donors (Lipinski definition) is 3. The van der Waals surface area contributed by atoms with Crippen LogP contribution in [0.15, 0.2) is 48.9 Å². The number of benzene rings is 1. The van der Waals surface area contributed by atoms with Gasteiger partial charge in [-0.05, 0) is 24.6 Å². The van der Waals surface area contributed by atoms with Gasteiger partial charge in [0.25, 0.3) is 5.91 Å². The van der Waals surface area contributed by atoms with Crippen molar-refractivity contribution >= 4 is 41.9 Å². The molecule has 1 aliphatic heterocycles. The van der Waals surface area contributed by atoms with E-state index < -0.39 is 6.10 Å². The van der Waals surface area contributed by atoms with Gasteiger partial charge < -0.3 is 15.7 Å². The van der Waals surface area contributed by atoms with E-state index in [1.807, 2.05) is 34.9 Å². The fourth-order valence-electron chi connectivity index (χ4n) is 3.10. The Morgan fingerprint density at radius 2 is 1.96 bits per heavy atom. The van der Waals surface area contributed by atoms with Gasteiger partial charge in [0.05, 0.1) is 11.7 Å². The molecule has 1 fully saturated rings. The molecule has 1 saturated heterocycles. The Hall–Kier alpha value is -2.19. The fraction of sp³-hybridized carbons (Fsp3) is 0.278. The summed E-state index contributed by atoms with van der Waals surface area (Å²) >= 11 is 0. The molecule has 3 heterocycles. The molecule has 3 N–H and O–H groups in total. The third kappa shape index (κ3) is 4.56. The average molecular weight is 410 g/mol. The van der Waals surface area contributed by atoms with Gasteiger partial charge >= 0.3 is 0 Å². The number of pyridine rings is 1. The number of piperidine rings is 1. The number of halogens is 2. The number of aliphatic hydroxyl groups is 1. The number of nitrogens with zero attached hydrogens (tertiary/aromatic N) is 3. The number of imidazole rings is 1. The normalized spacial score (nSPS) is 19.0. The number of β-amino-alcohol motifs (C(OH)–C–C–N with tert-alkyl or cyclic N) is 1. The van der Waals surface area contributed by atoms with Gasteiger partial charge in [0, 0.05) is 31.0 Å². The van der Waals surface area contributed by atoms with Gasteiger partial charge in [-0.15, -0.1) is 24.8 Å². The van der Waals surface area contributed by atoms with Crippen LogP contribution >= 0.6 is 24.8 Å². The second-order valence-electron chi connectivity index (χ2n) is 6.24. The molecule has 0 aliphatic carbocycles. The minimum atomic E-state index is -0.429. The van der Waals surface area contributed by atoms with Crippen LogP contribution in [0, 0.1) is 0 Å². The third-order valence-corrected chi connectivity index (χ3v) is 4.35. The van der Waals surface area contributed by atoms with Gasteiger partial charge in [-0.25, -0.2) is 9.97 Å². The topological polar surface area (TPSA) is 92.1 Å². The molecule has 27 heavy (non-hydrogen) atoms. The highest BCUT2D eigenvalue weighted by Gasteiger charge is 2.22. The van der Waals surface area contributed by atoms with E-state index in [0.717, 1.165) is 5.69 Å². The highest BCUT2D eigenvalue weighted by molar-refractivity contribution is 5.96. The summed E-state index contributed by atoms with van der Waals surface area (Å²) in [7, 11) is 0. The maximum absolute atomic E-state index is 12.4. The SMILES string of the molecule is Cl.Cl.O=C(N[C@@H]1CNC[C@H](O)C1)c1cnc2c(c1)ncn2-c1ccccc1. The van der Waals surface area contributed by atoms with Crippen molar-refractivity contribution in [3.05, 3.63) is 54.5 Å². The lowest BCUT2D eigenvalue weighted by Crippen LogP contribution is -2.50. The molecule has 2 aromatic heterocycles. The van der Waals surface area contributed by atoms with Crippen molar-refractivity contribution in [3.8, 4) is 5.69 Å². The van der Waals surface area contributed by atoms with E-state index in [1.54, 1.807) is 18.6 Å². The summed E-state index contributed by atoms with van der Waals surface area (Å²) < 4.78 is 1.89. The van der Waals surface area contributed by atoms with Crippen molar-refractivity contribution in [3.63, 3.8) is 0 Å². The van der Waals surface area contributed by atoms with Crippen molar-refractivity contribution < 1.29 is 9.90 Å². The maximum Gasteiger partial charge on any atom is 0.253 e. The number of aromatic nitrogens is 3. The van der Waals surface area contributed by atoms with Crippen molar-refractivity contribution in [1.29, 1.82) is 0 Å². The smallest absolute Gasteiger partial charge is 0.253 e. The van der Waals surface area contributed by atoms with Crippen molar-refractivity contribution in [2.75, 3.05) is 13.1 Å².